The lowest BCUT2D eigenvalue weighted by atomic mass is 10.1. The van der Waals surface area contributed by atoms with Crippen LogP contribution in [0, 0.1) is 0 Å². The van der Waals surface area contributed by atoms with Gasteiger partial charge in [-0.15, -0.1) is 0 Å². The number of amidine groups is 1. The fraction of sp³-hybridized carbons (Fsp3) is 0.0290. The molecule has 0 amide bonds. The van der Waals surface area contributed by atoms with Crippen LogP contribution in [0.4, 0.5) is 0 Å². The van der Waals surface area contributed by atoms with Gasteiger partial charge in [0.15, 0.2) is 12.6 Å². The van der Waals surface area contributed by atoms with Gasteiger partial charge in [-0.25, -0.2) is 10.3 Å². The number of aromatic nitrogens is 5. The summed E-state index contributed by atoms with van der Waals surface area (Å²) in [7, 11) is 0. The summed E-state index contributed by atoms with van der Waals surface area (Å²) in [4.78, 5) is 5.67. The molecule has 2 unspecified atom stereocenters. The number of para-hydroxylation sites is 7. The fourth-order valence-corrected chi connectivity index (χ4v) is 13.2. The summed E-state index contributed by atoms with van der Waals surface area (Å²) in [6.07, 6.45) is -0.958. The molecule has 0 bridgehead atoms. The predicted octanol–water partition coefficient (Wildman–Crippen LogP) is 16.4. The predicted molar refractivity (Wildman–Crippen MR) is 319 cm³/mol. The molecule has 0 saturated heterocycles. The van der Waals surface area contributed by atoms with Crippen LogP contribution >= 0.6 is 0 Å². The number of hydrogen-bond donors (Lipinski definition) is 2. The van der Waals surface area contributed by atoms with E-state index in [0.717, 1.165) is 61.6 Å². The van der Waals surface area contributed by atoms with Gasteiger partial charge < -0.3 is 28.2 Å². The lowest BCUT2D eigenvalue weighted by Crippen LogP contribution is -2.49. The number of nitrogens with zero attached hydrogens (tertiary/aromatic N) is 6. The molecule has 16 aromatic rings. The molecule has 8 heteroatoms. The van der Waals surface area contributed by atoms with Gasteiger partial charge in [0.1, 0.15) is 5.84 Å². The van der Waals surface area contributed by atoms with E-state index in [-0.39, 0.29) is 0 Å². The highest BCUT2D eigenvalue weighted by Gasteiger charge is 2.32. The molecule has 362 valence electrons. The lowest BCUT2D eigenvalue weighted by molar-refractivity contribution is 0.283. The van der Waals surface area contributed by atoms with Crippen molar-refractivity contribution in [3.8, 4) is 17.1 Å². The van der Waals surface area contributed by atoms with Gasteiger partial charge in [0.2, 0.25) is 0 Å². The minimum absolute atomic E-state index is 0.443. The van der Waals surface area contributed by atoms with Crippen molar-refractivity contribution in [2.45, 2.75) is 12.6 Å². The van der Waals surface area contributed by atoms with Crippen molar-refractivity contribution in [3.05, 3.63) is 260 Å². The quantitative estimate of drug-likeness (QED) is 0.174. The highest BCUT2D eigenvalue weighted by Crippen LogP contribution is 2.44. The van der Waals surface area contributed by atoms with E-state index in [1.165, 1.54) is 75.9 Å². The third kappa shape index (κ3) is 6.04. The summed E-state index contributed by atoms with van der Waals surface area (Å²) >= 11 is 0. The molecule has 5 aromatic heterocycles. The number of aliphatic imine (C=N–C) groups is 1. The number of hydrogen-bond acceptors (Lipinski definition) is 3. The topological polar surface area (TPSA) is 61.1 Å². The molecule has 2 N–H and O–H groups in total. The summed E-state index contributed by atoms with van der Waals surface area (Å²) in [6.45, 7) is 0. The molecule has 17 rings (SSSR count). The van der Waals surface area contributed by atoms with E-state index in [2.05, 4.69) is 288 Å². The first kappa shape index (κ1) is 42.2. The highest BCUT2D eigenvalue weighted by molar-refractivity contribution is 6.26. The Balaban J connectivity index is 0.901. The highest BCUT2D eigenvalue weighted by atomic mass is 15.5. The smallest absolute Gasteiger partial charge is 0.185 e. The second-order valence-corrected chi connectivity index (χ2v) is 20.4. The van der Waals surface area contributed by atoms with Crippen molar-refractivity contribution in [3.63, 3.8) is 0 Å². The van der Waals surface area contributed by atoms with Crippen LogP contribution in [0.5, 0.6) is 0 Å². The summed E-state index contributed by atoms with van der Waals surface area (Å²) < 4.78 is 12.2. The van der Waals surface area contributed by atoms with E-state index in [0.29, 0.717) is 0 Å². The molecule has 0 aliphatic carbocycles. The Morgan fingerprint density at radius 2 is 0.740 bits per heavy atom. The molecule has 6 heterocycles. The van der Waals surface area contributed by atoms with Crippen LogP contribution in [-0.4, -0.2) is 28.7 Å². The maximum atomic E-state index is 5.67. The monoisotopic (exact) mass is 986 g/mol. The summed E-state index contributed by atoms with van der Waals surface area (Å²) in [5.41, 5.74) is 15.8. The Labute approximate surface area is 441 Å². The van der Waals surface area contributed by atoms with Crippen molar-refractivity contribution in [1.29, 1.82) is 0 Å². The van der Waals surface area contributed by atoms with Gasteiger partial charge in [0.05, 0.1) is 55.2 Å². The second kappa shape index (κ2) is 16.2. The second-order valence-electron chi connectivity index (χ2n) is 20.4. The van der Waals surface area contributed by atoms with Gasteiger partial charge in [0.25, 0.3) is 0 Å². The lowest BCUT2D eigenvalue weighted by Gasteiger charge is -2.34. The summed E-state index contributed by atoms with van der Waals surface area (Å²) in [6, 6.07) is 92.6. The normalized spacial score (nSPS) is 15.1. The molecular formula is C69H46N8. The van der Waals surface area contributed by atoms with Gasteiger partial charge in [-0.2, -0.15) is 0 Å². The van der Waals surface area contributed by atoms with Gasteiger partial charge >= 0.3 is 0 Å². The molecule has 77 heavy (non-hydrogen) atoms. The maximum Gasteiger partial charge on any atom is 0.185 e. The molecule has 8 nitrogen and oxygen atoms in total. The average molecular weight is 987 g/mol. The van der Waals surface area contributed by atoms with E-state index in [1.807, 2.05) is 0 Å². The Bertz CT molecular complexity index is 5070. The molecule has 0 fully saturated rings. The minimum Gasteiger partial charge on any atom is -0.337 e. The van der Waals surface area contributed by atoms with Crippen LogP contribution in [-0.2, 0) is 0 Å². The van der Waals surface area contributed by atoms with Crippen LogP contribution < -0.4 is 10.6 Å². The van der Waals surface area contributed by atoms with Gasteiger partial charge in [-0.1, -0.05) is 170 Å². The Kier molecular flexibility index (Phi) is 8.87. The molecule has 0 spiro atoms. The number of benzene rings is 11. The van der Waals surface area contributed by atoms with Crippen LogP contribution in [0.2, 0.25) is 0 Å². The van der Waals surface area contributed by atoms with Crippen LogP contribution in [0.3, 0.4) is 0 Å². The van der Waals surface area contributed by atoms with E-state index in [4.69, 9.17) is 4.99 Å². The van der Waals surface area contributed by atoms with Crippen molar-refractivity contribution in [1.82, 2.24) is 33.5 Å². The number of fused-ring (bicyclic) bond motifs is 16. The molecular weight excluding hydrogens is 941 g/mol. The van der Waals surface area contributed by atoms with Crippen LogP contribution in [0.25, 0.3) is 126 Å². The molecule has 2 atom stereocenters. The average Bonchev–Trinajstić information content (AvgIpc) is 4.36. The largest absolute Gasteiger partial charge is 0.337 e. The molecule has 1 aliphatic heterocycles. The first-order valence-corrected chi connectivity index (χ1v) is 26.4. The number of nitrogens with one attached hydrogen (secondary N) is 2. The van der Waals surface area contributed by atoms with E-state index in [1.54, 1.807) is 0 Å². The Morgan fingerprint density at radius 1 is 0.299 bits per heavy atom. The van der Waals surface area contributed by atoms with Crippen molar-refractivity contribution < 1.29 is 0 Å². The molecule has 11 aromatic carbocycles. The summed E-state index contributed by atoms with van der Waals surface area (Å²) in [5.74, 6) is 0.814. The van der Waals surface area contributed by atoms with E-state index in [9.17, 15) is 0 Å². The van der Waals surface area contributed by atoms with Crippen molar-refractivity contribution >= 4 is 115 Å². The zero-order valence-electron chi connectivity index (χ0n) is 41.6. The molecule has 1 aliphatic rings. The van der Waals surface area contributed by atoms with Crippen molar-refractivity contribution in [2.75, 3.05) is 0 Å². The fourth-order valence-electron chi connectivity index (χ4n) is 13.2. The first-order valence-electron chi connectivity index (χ1n) is 26.4. The van der Waals surface area contributed by atoms with Crippen LogP contribution in [0.1, 0.15) is 18.1 Å². The van der Waals surface area contributed by atoms with Gasteiger partial charge in [-0.3, -0.25) is 0 Å². The first-order chi connectivity index (χ1) is 38.2. The zero-order valence-corrected chi connectivity index (χ0v) is 41.6. The Morgan fingerprint density at radius 3 is 1.38 bits per heavy atom. The minimum atomic E-state index is -0.515. The zero-order chi connectivity index (χ0) is 50.3. The van der Waals surface area contributed by atoms with Crippen molar-refractivity contribution in [2.24, 2.45) is 4.99 Å². The van der Waals surface area contributed by atoms with E-state index >= 15 is 0 Å². The Hall–Kier alpha value is -10.2. The standard InChI is InChI=1S/C69H46N8/c1-3-20-43(21-4-1)67-70-68(76-59-35-16-11-30-51(59)55-41-63-54(42-64(55)76)50-29-10-15-34-58(50)73(63)44-22-5-2-6-23-44)72-69(71-67)77-60-36-17-9-28-49(60)52-38-39-62-65(66(52)77)53-31-12-18-37-61(53)75(62)46-25-19-24-45(40-46)74-56-32-13-7-26-47(56)48-27-8-14-33-57(48)74/h1-42,68-69,72H,(H,70,71). The SMILES string of the molecule is c1ccc(C2=NC(n3c4ccccc4c4cc5c(cc43)c3ccccc3n5-c3ccccc3)NC(n3c4ccccc4c4ccc5c(c6ccccc6n5-c5cccc(-n6c7ccccc7c7ccccc76)c5)c43)N2)cc1. The van der Waals surface area contributed by atoms with E-state index < -0.39 is 12.6 Å². The maximum absolute atomic E-state index is 5.67. The summed E-state index contributed by atoms with van der Waals surface area (Å²) in [5, 5.41) is 20.2. The third-order valence-corrected chi connectivity index (χ3v) is 16.3. The van der Waals surface area contributed by atoms with Crippen LogP contribution in [0.15, 0.2) is 260 Å². The molecule has 0 radical (unpaired) electrons. The number of rotatable bonds is 6. The van der Waals surface area contributed by atoms with Gasteiger partial charge in [0, 0.05) is 76.5 Å². The third-order valence-electron chi connectivity index (χ3n) is 16.3. The molecule has 0 saturated carbocycles. The van der Waals surface area contributed by atoms with Gasteiger partial charge in [-0.05, 0) is 84.9 Å².